The predicted octanol–water partition coefficient (Wildman–Crippen LogP) is 5.24. The van der Waals surface area contributed by atoms with Crippen molar-refractivity contribution >= 4 is 29.0 Å². The summed E-state index contributed by atoms with van der Waals surface area (Å²) >= 11 is 6.05. The molecule has 0 bridgehead atoms. The van der Waals surface area contributed by atoms with Crippen molar-refractivity contribution < 1.29 is 14.3 Å². The number of aromatic nitrogens is 2. The number of benzene rings is 1. The summed E-state index contributed by atoms with van der Waals surface area (Å²) in [4.78, 5) is 30.4. The molecule has 1 aliphatic carbocycles. The van der Waals surface area contributed by atoms with Crippen LogP contribution in [0.3, 0.4) is 0 Å². The molecule has 0 saturated heterocycles. The third kappa shape index (κ3) is 4.81. The van der Waals surface area contributed by atoms with Crippen LogP contribution in [-0.4, -0.2) is 28.4 Å². The molecule has 2 aromatic heterocycles. The van der Waals surface area contributed by atoms with Crippen LogP contribution in [0.15, 0.2) is 42.6 Å². The standard InChI is InChI=1S/C26H28ClN3O3/c1-16-23(24(31)25(32)29-19-10-12-28-22(13-19)33-4)20-14-26(2,3)11-9-21(20)30(16)15-17-5-7-18(27)8-6-17/h5-8,10,12-13H,9,11,14-15H2,1-4H3,(H,28,29,32). The zero-order valence-corrected chi connectivity index (χ0v) is 20.1. The molecule has 0 saturated carbocycles. The van der Waals surface area contributed by atoms with E-state index in [2.05, 4.69) is 28.7 Å². The molecule has 0 fully saturated rings. The zero-order chi connectivity index (χ0) is 23.8. The number of ketones is 1. The fourth-order valence-electron chi connectivity index (χ4n) is 4.55. The first-order valence-corrected chi connectivity index (χ1v) is 11.4. The summed E-state index contributed by atoms with van der Waals surface area (Å²) in [5.41, 5.74) is 5.10. The molecule has 1 amide bonds. The van der Waals surface area contributed by atoms with Crippen LogP contribution in [0.4, 0.5) is 5.69 Å². The Morgan fingerprint density at radius 3 is 2.64 bits per heavy atom. The number of pyridine rings is 1. The number of nitrogens with zero attached hydrogens (tertiary/aromatic N) is 2. The Hall–Kier alpha value is -3.12. The van der Waals surface area contributed by atoms with Crippen molar-refractivity contribution in [2.45, 2.75) is 46.6 Å². The van der Waals surface area contributed by atoms with E-state index in [9.17, 15) is 9.59 Å². The molecule has 0 atom stereocenters. The maximum Gasteiger partial charge on any atom is 0.296 e. The monoisotopic (exact) mass is 465 g/mol. The summed E-state index contributed by atoms with van der Waals surface area (Å²) in [5.74, 6) is -0.821. The van der Waals surface area contributed by atoms with Gasteiger partial charge in [0.05, 0.1) is 12.7 Å². The first-order chi connectivity index (χ1) is 15.7. The Bertz CT molecular complexity index is 1210. The van der Waals surface area contributed by atoms with E-state index in [4.69, 9.17) is 16.3 Å². The number of carbonyl (C=O) groups is 2. The number of rotatable bonds is 6. The highest BCUT2D eigenvalue weighted by Crippen LogP contribution is 2.39. The molecule has 0 unspecified atom stereocenters. The van der Waals surface area contributed by atoms with Crippen LogP contribution in [0.5, 0.6) is 5.88 Å². The van der Waals surface area contributed by atoms with Crippen molar-refractivity contribution in [1.82, 2.24) is 9.55 Å². The number of nitrogens with one attached hydrogen (secondary N) is 1. The zero-order valence-electron chi connectivity index (χ0n) is 19.4. The Morgan fingerprint density at radius 1 is 1.21 bits per heavy atom. The summed E-state index contributed by atoms with van der Waals surface area (Å²) in [5, 5.41) is 3.39. The molecule has 0 aliphatic heterocycles. The second-order valence-electron chi connectivity index (χ2n) is 9.31. The minimum atomic E-state index is -0.666. The number of methoxy groups -OCH3 is 1. The molecule has 172 valence electrons. The highest BCUT2D eigenvalue weighted by molar-refractivity contribution is 6.47. The fourth-order valence-corrected chi connectivity index (χ4v) is 4.68. The summed E-state index contributed by atoms with van der Waals surface area (Å²) in [6, 6.07) is 10.9. The Morgan fingerprint density at radius 2 is 1.94 bits per heavy atom. The highest BCUT2D eigenvalue weighted by atomic mass is 35.5. The highest BCUT2D eigenvalue weighted by Gasteiger charge is 2.35. The summed E-state index contributed by atoms with van der Waals surface area (Å²) in [6.45, 7) is 6.97. The van der Waals surface area contributed by atoms with Gasteiger partial charge in [-0.15, -0.1) is 0 Å². The Labute approximate surface area is 198 Å². The largest absolute Gasteiger partial charge is 0.481 e. The molecule has 3 aromatic rings. The van der Waals surface area contributed by atoms with Gasteiger partial charge in [-0.25, -0.2) is 4.98 Å². The molecule has 2 heterocycles. The van der Waals surface area contributed by atoms with Gasteiger partial charge in [-0.2, -0.15) is 0 Å². The van der Waals surface area contributed by atoms with Crippen LogP contribution < -0.4 is 10.1 Å². The predicted molar refractivity (Wildman–Crippen MR) is 129 cm³/mol. The third-order valence-electron chi connectivity index (χ3n) is 6.33. The van der Waals surface area contributed by atoms with Gasteiger partial charge in [0, 0.05) is 40.9 Å². The number of amides is 1. The Kier molecular flexibility index (Phi) is 6.30. The average molecular weight is 466 g/mol. The minimum absolute atomic E-state index is 0.0653. The molecule has 33 heavy (non-hydrogen) atoms. The van der Waals surface area contributed by atoms with Crippen LogP contribution >= 0.6 is 11.6 Å². The summed E-state index contributed by atoms with van der Waals surface area (Å²) in [7, 11) is 1.50. The lowest BCUT2D eigenvalue weighted by Crippen LogP contribution is -2.27. The van der Waals surface area contributed by atoms with Gasteiger partial charge < -0.3 is 14.6 Å². The van der Waals surface area contributed by atoms with E-state index >= 15 is 0 Å². The van der Waals surface area contributed by atoms with Gasteiger partial charge in [-0.3, -0.25) is 9.59 Å². The number of anilines is 1. The van der Waals surface area contributed by atoms with Gasteiger partial charge in [0.2, 0.25) is 5.88 Å². The van der Waals surface area contributed by atoms with Gasteiger partial charge in [0.25, 0.3) is 11.7 Å². The number of Topliss-reactive ketones (excluding diaryl/α,β-unsaturated/α-hetero) is 1. The van der Waals surface area contributed by atoms with Gasteiger partial charge in [0.15, 0.2) is 0 Å². The maximum atomic E-state index is 13.4. The SMILES string of the molecule is COc1cc(NC(=O)C(=O)c2c3c(n(Cc4ccc(Cl)cc4)c2C)CCC(C)(C)C3)ccn1. The second kappa shape index (κ2) is 9.02. The lowest BCUT2D eigenvalue weighted by atomic mass is 9.75. The first-order valence-electron chi connectivity index (χ1n) is 11.0. The van der Waals surface area contributed by atoms with E-state index < -0.39 is 11.7 Å². The van der Waals surface area contributed by atoms with Gasteiger partial charge in [-0.05, 0) is 60.9 Å². The third-order valence-corrected chi connectivity index (χ3v) is 6.58. The van der Waals surface area contributed by atoms with Crippen LogP contribution in [0, 0.1) is 12.3 Å². The van der Waals surface area contributed by atoms with E-state index in [1.54, 1.807) is 12.1 Å². The van der Waals surface area contributed by atoms with Crippen LogP contribution in [0.1, 0.15) is 53.1 Å². The molecular weight excluding hydrogens is 438 g/mol. The lowest BCUT2D eigenvalue weighted by molar-refractivity contribution is -0.112. The minimum Gasteiger partial charge on any atom is -0.481 e. The van der Waals surface area contributed by atoms with Crippen LogP contribution in [-0.2, 0) is 24.2 Å². The van der Waals surface area contributed by atoms with E-state index in [0.717, 1.165) is 41.8 Å². The maximum absolute atomic E-state index is 13.4. The molecular formula is C26H28ClN3O3. The summed E-state index contributed by atoms with van der Waals surface area (Å²) < 4.78 is 7.29. The Balaban J connectivity index is 1.70. The number of ether oxygens (including phenoxy) is 1. The number of hydrogen-bond donors (Lipinski definition) is 1. The number of halogens is 1. The molecule has 6 nitrogen and oxygen atoms in total. The van der Waals surface area contributed by atoms with Crippen LogP contribution in [0.25, 0.3) is 0 Å². The van der Waals surface area contributed by atoms with Crippen molar-refractivity contribution in [1.29, 1.82) is 0 Å². The van der Waals surface area contributed by atoms with Crippen molar-refractivity contribution in [2.75, 3.05) is 12.4 Å². The van der Waals surface area contributed by atoms with Crippen molar-refractivity contribution in [3.63, 3.8) is 0 Å². The molecule has 1 N–H and O–H groups in total. The molecule has 1 aromatic carbocycles. The van der Waals surface area contributed by atoms with Crippen LogP contribution in [0.2, 0.25) is 5.02 Å². The molecule has 7 heteroatoms. The molecule has 0 spiro atoms. The number of hydrogen-bond acceptors (Lipinski definition) is 4. The van der Waals surface area contributed by atoms with Crippen molar-refractivity contribution in [3.8, 4) is 5.88 Å². The number of carbonyl (C=O) groups excluding carboxylic acids is 2. The smallest absolute Gasteiger partial charge is 0.296 e. The van der Waals surface area contributed by atoms with Gasteiger partial charge >= 0.3 is 0 Å². The van der Waals surface area contributed by atoms with E-state index in [1.165, 1.54) is 13.3 Å². The topological polar surface area (TPSA) is 73.2 Å². The molecule has 4 rings (SSSR count). The van der Waals surface area contributed by atoms with Gasteiger partial charge in [-0.1, -0.05) is 37.6 Å². The fraction of sp³-hybridized carbons (Fsp3) is 0.346. The first kappa shape index (κ1) is 23.1. The van der Waals surface area contributed by atoms with Crippen molar-refractivity contribution in [3.05, 3.63) is 75.7 Å². The van der Waals surface area contributed by atoms with E-state index in [0.29, 0.717) is 28.7 Å². The average Bonchev–Trinajstić information content (AvgIpc) is 3.04. The van der Waals surface area contributed by atoms with E-state index in [-0.39, 0.29) is 5.41 Å². The van der Waals surface area contributed by atoms with E-state index in [1.807, 2.05) is 31.2 Å². The lowest BCUT2D eigenvalue weighted by Gasteiger charge is -2.31. The molecule has 1 aliphatic rings. The second-order valence-corrected chi connectivity index (χ2v) is 9.75. The summed E-state index contributed by atoms with van der Waals surface area (Å²) in [6.07, 6.45) is 4.18. The van der Waals surface area contributed by atoms with Gasteiger partial charge in [0.1, 0.15) is 0 Å². The number of fused-ring (bicyclic) bond motifs is 1. The van der Waals surface area contributed by atoms with Crippen molar-refractivity contribution in [2.24, 2.45) is 5.41 Å². The quantitative estimate of drug-likeness (QED) is 0.399. The molecule has 0 radical (unpaired) electrons. The normalized spacial score (nSPS) is 14.5.